The molecular formula is C16H13F2N. The van der Waals surface area contributed by atoms with Crippen molar-refractivity contribution in [2.75, 3.05) is 0 Å². The fraction of sp³-hybridized carbons (Fsp3) is 0.125. The third-order valence-corrected chi connectivity index (χ3v) is 3.40. The highest BCUT2D eigenvalue weighted by molar-refractivity contribution is 5.83. The van der Waals surface area contributed by atoms with Crippen molar-refractivity contribution in [3.05, 3.63) is 71.4 Å². The molecule has 3 rings (SSSR count). The molecule has 0 aliphatic rings. The Morgan fingerprint density at radius 1 is 1.00 bits per heavy atom. The van der Waals surface area contributed by atoms with Crippen LogP contribution in [-0.2, 0) is 6.54 Å². The van der Waals surface area contributed by atoms with Crippen LogP contribution in [0.1, 0.15) is 11.1 Å². The molecule has 0 radical (unpaired) electrons. The largest absolute Gasteiger partial charge is 0.343 e. The second-order valence-electron chi connectivity index (χ2n) is 4.66. The van der Waals surface area contributed by atoms with Crippen molar-refractivity contribution < 1.29 is 8.78 Å². The fourth-order valence-electron chi connectivity index (χ4n) is 2.37. The highest BCUT2D eigenvalue weighted by atomic mass is 19.2. The van der Waals surface area contributed by atoms with E-state index in [0.717, 1.165) is 17.0 Å². The summed E-state index contributed by atoms with van der Waals surface area (Å²) < 4.78 is 28.8. The number of aryl methyl sites for hydroxylation is 1. The van der Waals surface area contributed by atoms with Gasteiger partial charge in [-0.3, -0.25) is 0 Å². The summed E-state index contributed by atoms with van der Waals surface area (Å²) in [7, 11) is 0. The molecule has 2 aromatic carbocycles. The Balaban J connectivity index is 2.07. The standard InChI is InChI=1S/C16H13F2N/c1-11-4-2-7-15-13(11)8-9-19(15)10-12-5-3-6-14(17)16(12)18/h2-9H,10H2,1H3. The van der Waals surface area contributed by atoms with Gasteiger partial charge in [0, 0.05) is 22.7 Å². The Labute approximate surface area is 110 Å². The predicted octanol–water partition coefficient (Wildman–Crippen LogP) is 4.28. The van der Waals surface area contributed by atoms with E-state index in [4.69, 9.17) is 0 Å². The lowest BCUT2D eigenvalue weighted by atomic mass is 10.1. The quantitative estimate of drug-likeness (QED) is 0.646. The molecule has 0 amide bonds. The Hall–Kier alpha value is -2.16. The molecule has 0 aliphatic heterocycles. The lowest BCUT2D eigenvalue weighted by molar-refractivity contribution is 0.496. The lowest BCUT2D eigenvalue weighted by Crippen LogP contribution is -2.02. The normalized spacial score (nSPS) is 11.1. The predicted molar refractivity (Wildman–Crippen MR) is 72.1 cm³/mol. The van der Waals surface area contributed by atoms with Crippen LogP contribution in [0.3, 0.4) is 0 Å². The van der Waals surface area contributed by atoms with Gasteiger partial charge in [0.05, 0.1) is 6.54 Å². The minimum Gasteiger partial charge on any atom is -0.343 e. The lowest BCUT2D eigenvalue weighted by Gasteiger charge is -2.07. The van der Waals surface area contributed by atoms with E-state index < -0.39 is 11.6 Å². The molecule has 3 heteroatoms. The van der Waals surface area contributed by atoms with Crippen LogP contribution in [-0.4, -0.2) is 4.57 Å². The van der Waals surface area contributed by atoms with E-state index in [-0.39, 0.29) is 0 Å². The summed E-state index contributed by atoms with van der Waals surface area (Å²) in [5.41, 5.74) is 2.57. The zero-order valence-electron chi connectivity index (χ0n) is 10.5. The zero-order chi connectivity index (χ0) is 13.4. The van der Waals surface area contributed by atoms with Gasteiger partial charge in [-0.25, -0.2) is 8.78 Å². The van der Waals surface area contributed by atoms with Crippen LogP contribution in [0.4, 0.5) is 8.78 Å². The number of rotatable bonds is 2. The molecule has 0 atom stereocenters. The van der Waals surface area contributed by atoms with Gasteiger partial charge in [0.25, 0.3) is 0 Å². The molecule has 1 heterocycles. The Morgan fingerprint density at radius 2 is 1.79 bits per heavy atom. The van der Waals surface area contributed by atoms with Crippen molar-refractivity contribution >= 4 is 10.9 Å². The first-order valence-corrected chi connectivity index (χ1v) is 6.14. The number of hydrogen-bond donors (Lipinski definition) is 0. The molecule has 3 aromatic rings. The first kappa shape index (κ1) is 11.9. The summed E-state index contributed by atoms with van der Waals surface area (Å²) in [4.78, 5) is 0. The van der Waals surface area contributed by atoms with E-state index >= 15 is 0 Å². The van der Waals surface area contributed by atoms with Gasteiger partial charge in [-0.2, -0.15) is 0 Å². The number of nitrogens with zero attached hydrogens (tertiary/aromatic N) is 1. The second kappa shape index (κ2) is 4.50. The van der Waals surface area contributed by atoms with Gasteiger partial charge in [0.15, 0.2) is 11.6 Å². The summed E-state index contributed by atoms with van der Waals surface area (Å²) >= 11 is 0. The highest BCUT2D eigenvalue weighted by Gasteiger charge is 2.09. The molecule has 1 aromatic heterocycles. The molecule has 0 spiro atoms. The van der Waals surface area contributed by atoms with E-state index in [9.17, 15) is 8.78 Å². The average molecular weight is 257 g/mol. The number of benzene rings is 2. The minimum absolute atomic E-state index is 0.330. The van der Waals surface area contributed by atoms with E-state index in [2.05, 4.69) is 0 Å². The average Bonchev–Trinajstić information content (AvgIpc) is 2.80. The molecule has 96 valence electrons. The van der Waals surface area contributed by atoms with Crippen molar-refractivity contribution in [1.82, 2.24) is 4.57 Å². The molecule has 0 saturated heterocycles. The Bertz CT molecular complexity index is 744. The summed E-state index contributed by atoms with van der Waals surface area (Å²) in [6.45, 7) is 2.37. The van der Waals surface area contributed by atoms with Gasteiger partial charge in [-0.15, -0.1) is 0 Å². The van der Waals surface area contributed by atoms with Crippen LogP contribution in [0.5, 0.6) is 0 Å². The van der Waals surface area contributed by atoms with Crippen molar-refractivity contribution in [3.8, 4) is 0 Å². The fourth-order valence-corrected chi connectivity index (χ4v) is 2.37. The van der Waals surface area contributed by atoms with E-state index in [1.807, 2.05) is 42.0 Å². The minimum atomic E-state index is -0.801. The smallest absolute Gasteiger partial charge is 0.163 e. The van der Waals surface area contributed by atoms with Gasteiger partial charge in [0.2, 0.25) is 0 Å². The summed E-state index contributed by atoms with van der Waals surface area (Å²) in [5, 5.41) is 1.14. The third kappa shape index (κ3) is 2.01. The van der Waals surface area contributed by atoms with Crippen LogP contribution >= 0.6 is 0 Å². The van der Waals surface area contributed by atoms with Crippen LogP contribution in [0.25, 0.3) is 10.9 Å². The molecule has 0 N–H and O–H groups in total. The summed E-state index contributed by atoms with van der Waals surface area (Å²) in [5.74, 6) is -1.57. The number of hydrogen-bond acceptors (Lipinski definition) is 0. The van der Waals surface area contributed by atoms with Gasteiger partial charge in [-0.05, 0) is 30.7 Å². The summed E-state index contributed by atoms with van der Waals surface area (Å²) in [6, 6.07) is 12.3. The maximum atomic E-state index is 13.7. The van der Waals surface area contributed by atoms with Gasteiger partial charge in [0.1, 0.15) is 0 Å². The SMILES string of the molecule is Cc1cccc2c1ccn2Cc1cccc(F)c1F. The second-order valence-corrected chi connectivity index (χ2v) is 4.66. The van der Waals surface area contributed by atoms with E-state index in [1.54, 1.807) is 6.07 Å². The maximum absolute atomic E-state index is 13.7. The van der Waals surface area contributed by atoms with Crippen molar-refractivity contribution in [2.45, 2.75) is 13.5 Å². The van der Waals surface area contributed by atoms with E-state index in [0.29, 0.717) is 12.1 Å². The first-order chi connectivity index (χ1) is 9.16. The third-order valence-electron chi connectivity index (χ3n) is 3.40. The van der Waals surface area contributed by atoms with Crippen LogP contribution in [0, 0.1) is 18.6 Å². The molecule has 19 heavy (non-hydrogen) atoms. The Morgan fingerprint density at radius 3 is 2.63 bits per heavy atom. The van der Waals surface area contributed by atoms with Crippen LogP contribution in [0.2, 0.25) is 0 Å². The Kier molecular flexibility index (Phi) is 2.82. The molecule has 0 fully saturated rings. The summed E-state index contributed by atoms with van der Waals surface area (Å²) in [6.07, 6.45) is 1.90. The molecule has 0 unspecified atom stereocenters. The topological polar surface area (TPSA) is 4.93 Å². The number of aromatic nitrogens is 1. The number of halogens is 2. The molecule has 1 nitrogen and oxygen atoms in total. The monoisotopic (exact) mass is 257 g/mol. The maximum Gasteiger partial charge on any atom is 0.163 e. The van der Waals surface area contributed by atoms with Crippen molar-refractivity contribution in [1.29, 1.82) is 0 Å². The molecule has 0 bridgehead atoms. The first-order valence-electron chi connectivity index (χ1n) is 6.14. The van der Waals surface area contributed by atoms with Gasteiger partial charge >= 0.3 is 0 Å². The molecular weight excluding hydrogens is 244 g/mol. The van der Waals surface area contributed by atoms with Crippen molar-refractivity contribution in [3.63, 3.8) is 0 Å². The molecule has 0 saturated carbocycles. The number of fused-ring (bicyclic) bond motifs is 1. The van der Waals surface area contributed by atoms with Crippen LogP contribution < -0.4 is 0 Å². The van der Waals surface area contributed by atoms with Gasteiger partial charge < -0.3 is 4.57 Å². The van der Waals surface area contributed by atoms with Gasteiger partial charge in [-0.1, -0.05) is 24.3 Å². The molecule has 0 aliphatic carbocycles. The van der Waals surface area contributed by atoms with Crippen molar-refractivity contribution in [2.24, 2.45) is 0 Å². The van der Waals surface area contributed by atoms with Crippen LogP contribution in [0.15, 0.2) is 48.7 Å². The zero-order valence-corrected chi connectivity index (χ0v) is 10.5. The highest BCUT2D eigenvalue weighted by Crippen LogP contribution is 2.21. The van der Waals surface area contributed by atoms with E-state index in [1.165, 1.54) is 11.6 Å².